The molecule has 0 atom stereocenters. The Morgan fingerprint density at radius 1 is 1.57 bits per heavy atom. The van der Waals surface area contributed by atoms with Crippen LogP contribution in [0.25, 0.3) is 0 Å². The fourth-order valence-electron chi connectivity index (χ4n) is 0.433. The third-order valence-electron chi connectivity index (χ3n) is 0.825. The average molecular weight is 219 g/mol. The Bertz CT molecular complexity index is 381. The topological polar surface area (TPSA) is 123 Å². The van der Waals surface area contributed by atoms with Crippen LogP contribution in [-0.4, -0.2) is 35.3 Å². The van der Waals surface area contributed by atoms with Gasteiger partial charge in [0, 0.05) is 6.20 Å². The van der Waals surface area contributed by atoms with E-state index in [9.17, 15) is 13.2 Å². The number of primary amides is 1. The van der Waals surface area contributed by atoms with Gasteiger partial charge in [-0.3, -0.25) is 9.35 Å². The summed E-state index contributed by atoms with van der Waals surface area (Å²) < 4.78 is 25.9. The van der Waals surface area contributed by atoms with Gasteiger partial charge in [-0.15, -0.1) is 5.10 Å². The van der Waals surface area contributed by atoms with E-state index in [0.717, 1.165) is 0 Å². The highest BCUT2D eigenvalue weighted by Crippen LogP contribution is 1.86. The number of nitrogens with zero attached hydrogens (tertiary/aromatic N) is 2. The third-order valence-corrected chi connectivity index (χ3v) is 0.825. The molecule has 1 aromatic rings. The van der Waals surface area contributed by atoms with Gasteiger partial charge in [0.15, 0.2) is 5.69 Å². The molecule has 3 N–H and O–H groups in total. The van der Waals surface area contributed by atoms with Crippen LogP contribution in [0, 0.1) is 0 Å². The van der Waals surface area contributed by atoms with Gasteiger partial charge < -0.3 is 5.73 Å². The normalized spacial score (nSPS) is 9.86. The molecule has 0 spiro atoms. The summed E-state index contributed by atoms with van der Waals surface area (Å²) in [5.74, 6) is -0.553. The van der Waals surface area contributed by atoms with Crippen molar-refractivity contribution >= 4 is 16.0 Å². The van der Waals surface area contributed by atoms with Crippen molar-refractivity contribution in [3.63, 3.8) is 0 Å². The Kier molecular flexibility index (Phi) is 4.67. The maximum atomic E-state index is 10.3. The van der Waals surface area contributed by atoms with Crippen LogP contribution in [0.1, 0.15) is 10.5 Å². The highest BCUT2D eigenvalue weighted by Gasteiger charge is 1.97. The van der Waals surface area contributed by atoms with Gasteiger partial charge >= 0.3 is 0 Å². The minimum Gasteiger partial charge on any atom is -0.364 e. The molecule has 1 amide bonds. The molecule has 0 fully saturated rings. The van der Waals surface area contributed by atoms with E-state index in [1.54, 1.807) is 6.07 Å². The summed E-state index contributed by atoms with van der Waals surface area (Å²) in [4.78, 5) is 10.3. The van der Waals surface area contributed by atoms with Crippen molar-refractivity contribution in [3.05, 3.63) is 24.0 Å². The average Bonchev–Trinajstić information content (AvgIpc) is 2.03. The van der Waals surface area contributed by atoms with E-state index in [0.29, 0.717) is 6.26 Å². The highest BCUT2D eigenvalue weighted by atomic mass is 32.2. The zero-order valence-electron chi connectivity index (χ0n) is 7.28. The molecule has 1 rings (SSSR count). The van der Waals surface area contributed by atoms with E-state index in [1.165, 1.54) is 12.3 Å². The lowest BCUT2D eigenvalue weighted by molar-refractivity contribution is 0.0994. The molecule has 0 saturated heterocycles. The zero-order chi connectivity index (χ0) is 11.2. The molecule has 14 heavy (non-hydrogen) atoms. The molecule has 8 heteroatoms. The number of rotatable bonds is 1. The summed E-state index contributed by atoms with van der Waals surface area (Å²) >= 11 is 0. The Hall–Kier alpha value is -1.54. The predicted octanol–water partition coefficient (Wildman–Crippen LogP) is -0.920. The SMILES string of the molecule is CS(=O)(=O)O.NC(=O)c1cccnn1. The maximum Gasteiger partial charge on any atom is 0.269 e. The second-order valence-corrected chi connectivity index (χ2v) is 3.67. The predicted molar refractivity (Wildman–Crippen MR) is 48.0 cm³/mol. The van der Waals surface area contributed by atoms with Crippen LogP contribution in [0.5, 0.6) is 0 Å². The van der Waals surface area contributed by atoms with Crippen LogP contribution in [-0.2, 0) is 10.1 Å². The molecule has 0 aliphatic heterocycles. The standard InChI is InChI=1S/C5H5N3O.CH4O3S/c6-5(9)4-2-1-3-7-8-4;1-5(2,3)4/h1-3H,(H2,6,9);1H3,(H,2,3,4). The Balaban J connectivity index is 0.000000292. The monoisotopic (exact) mass is 219 g/mol. The molecule has 7 nitrogen and oxygen atoms in total. The van der Waals surface area contributed by atoms with Crippen LogP contribution in [0.3, 0.4) is 0 Å². The molecule has 0 aromatic carbocycles. The number of nitrogens with two attached hydrogens (primary N) is 1. The first kappa shape index (κ1) is 12.5. The fourth-order valence-corrected chi connectivity index (χ4v) is 0.433. The van der Waals surface area contributed by atoms with Crippen LogP contribution in [0.4, 0.5) is 0 Å². The van der Waals surface area contributed by atoms with E-state index < -0.39 is 16.0 Å². The first-order chi connectivity index (χ1) is 6.30. The minimum absolute atomic E-state index is 0.192. The van der Waals surface area contributed by atoms with E-state index in [4.69, 9.17) is 10.3 Å². The number of carbonyl (C=O) groups is 1. The van der Waals surface area contributed by atoms with Crippen LogP contribution >= 0.6 is 0 Å². The third kappa shape index (κ3) is 8.56. The first-order valence-electron chi connectivity index (χ1n) is 3.30. The number of carbonyl (C=O) groups excluding carboxylic acids is 1. The van der Waals surface area contributed by atoms with Gasteiger partial charge in [-0.25, -0.2) is 0 Å². The molecular formula is C6H9N3O4S. The number of amides is 1. The van der Waals surface area contributed by atoms with Crippen LogP contribution in [0.15, 0.2) is 18.3 Å². The smallest absolute Gasteiger partial charge is 0.269 e. The van der Waals surface area contributed by atoms with E-state index in [2.05, 4.69) is 10.2 Å². The molecule has 0 radical (unpaired) electrons. The Morgan fingerprint density at radius 3 is 2.29 bits per heavy atom. The van der Waals surface area contributed by atoms with Crippen molar-refractivity contribution in [2.24, 2.45) is 5.73 Å². The van der Waals surface area contributed by atoms with Gasteiger partial charge in [-0.05, 0) is 12.1 Å². The van der Waals surface area contributed by atoms with Gasteiger partial charge in [-0.1, -0.05) is 0 Å². The van der Waals surface area contributed by atoms with Gasteiger partial charge in [0.1, 0.15) is 0 Å². The van der Waals surface area contributed by atoms with E-state index in [-0.39, 0.29) is 5.69 Å². The number of aromatic nitrogens is 2. The van der Waals surface area contributed by atoms with Crippen molar-refractivity contribution in [1.82, 2.24) is 10.2 Å². The summed E-state index contributed by atoms with van der Waals surface area (Å²) in [6, 6.07) is 3.11. The molecule has 0 aliphatic carbocycles. The van der Waals surface area contributed by atoms with Gasteiger partial charge in [0.2, 0.25) is 0 Å². The summed E-state index contributed by atoms with van der Waals surface area (Å²) in [6.07, 6.45) is 2.19. The van der Waals surface area contributed by atoms with Gasteiger partial charge in [0.25, 0.3) is 16.0 Å². The van der Waals surface area contributed by atoms with E-state index in [1.807, 2.05) is 0 Å². The highest BCUT2D eigenvalue weighted by molar-refractivity contribution is 7.85. The Morgan fingerprint density at radius 2 is 2.07 bits per heavy atom. The summed E-state index contributed by atoms with van der Waals surface area (Å²) in [7, 11) is -3.67. The van der Waals surface area contributed by atoms with Gasteiger partial charge in [0.05, 0.1) is 6.26 Å². The molecule has 0 bridgehead atoms. The second kappa shape index (κ2) is 5.25. The Labute approximate surface area is 80.7 Å². The molecule has 0 aliphatic rings. The second-order valence-electron chi connectivity index (χ2n) is 2.21. The number of hydrogen-bond donors (Lipinski definition) is 2. The van der Waals surface area contributed by atoms with Gasteiger partial charge in [-0.2, -0.15) is 13.5 Å². The van der Waals surface area contributed by atoms with Crippen molar-refractivity contribution < 1.29 is 17.8 Å². The van der Waals surface area contributed by atoms with Crippen LogP contribution < -0.4 is 5.73 Å². The molecule has 0 unspecified atom stereocenters. The van der Waals surface area contributed by atoms with Crippen LogP contribution in [0.2, 0.25) is 0 Å². The first-order valence-corrected chi connectivity index (χ1v) is 5.15. The summed E-state index contributed by atoms with van der Waals surface area (Å²) in [5, 5.41) is 6.91. The maximum absolute atomic E-state index is 10.3. The summed E-state index contributed by atoms with van der Waals surface area (Å²) in [6.45, 7) is 0. The fraction of sp³-hybridized carbons (Fsp3) is 0.167. The minimum atomic E-state index is -3.67. The zero-order valence-corrected chi connectivity index (χ0v) is 8.10. The molecule has 1 aromatic heterocycles. The molecule has 78 valence electrons. The number of hydrogen-bond acceptors (Lipinski definition) is 5. The molecule has 0 saturated carbocycles. The lowest BCUT2D eigenvalue weighted by Gasteiger charge is -1.87. The molecule has 1 heterocycles. The van der Waals surface area contributed by atoms with Crippen molar-refractivity contribution in [2.45, 2.75) is 0 Å². The van der Waals surface area contributed by atoms with Crippen molar-refractivity contribution in [2.75, 3.05) is 6.26 Å². The lowest BCUT2D eigenvalue weighted by Crippen LogP contribution is -2.12. The lowest BCUT2D eigenvalue weighted by atomic mass is 10.4. The largest absolute Gasteiger partial charge is 0.364 e. The van der Waals surface area contributed by atoms with Crippen molar-refractivity contribution in [3.8, 4) is 0 Å². The quantitative estimate of drug-likeness (QED) is 0.589. The summed E-state index contributed by atoms with van der Waals surface area (Å²) in [5.41, 5.74) is 5.06. The van der Waals surface area contributed by atoms with E-state index >= 15 is 0 Å². The molecular weight excluding hydrogens is 210 g/mol. The van der Waals surface area contributed by atoms with Crippen molar-refractivity contribution in [1.29, 1.82) is 0 Å².